The molecule has 0 bridgehead atoms. The molecule has 5 heteroatoms. The summed E-state index contributed by atoms with van der Waals surface area (Å²) < 4.78 is 0. The lowest BCUT2D eigenvalue weighted by Gasteiger charge is -2.23. The molecule has 1 aliphatic rings. The molecule has 1 atom stereocenters. The highest BCUT2D eigenvalue weighted by molar-refractivity contribution is 6.09. The van der Waals surface area contributed by atoms with E-state index >= 15 is 0 Å². The number of nitriles is 1. The van der Waals surface area contributed by atoms with E-state index in [0.29, 0.717) is 0 Å². The third-order valence-corrected chi connectivity index (χ3v) is 4.05. The lowest BCUT2D eigenvalue weighted by Crippen LogP contribution is -2.41. The van der Waals surface area contributed by atoms with Crippen LogP contribution in [0.1, 0.15) is 18.9 Å². The van der Waals surface area contributed by atoms with Crippen molar-refractivity contribution in [3.05, 3.63) is 48.0 Å². The average molecular weight is 293 g/mol. The van der Waals surface area contributed by atoms with Crippen molar-refractivity contribution in [3.63, 3.8) is 0 Å². The van der Waals surface area contributed by atoms with Crippen molar-refractivity contribution in [2.45, 2.75) is 18.9 Å². The van der Waals surface area contributed by atoms with Gasteiger partial charge in [0.1, 0.15) is 5.54 Å². The second-order valence-electron chi connectivity index (χ2n) is 5.45. The van der Waals surface area contributed by atoms with Crippen LogP contribution in [0.2, 0.25) is 0 Å². The van der Waals surface area contributed by atoms with Gasteiger partial charge in [0, 0.05) is 6.54 Å². The predicted octanol–water partition coefficient (Wildman–Crippen LogP) is 2.52. The molecule has 0 aliphatic carbocycles. The van der Waals surface area contributed by atoms with Crippen LogP contribution in [0.3, 0.4) is 0 Å². The fourth-order valence-corrected chi connectivity index (χ4v) is 2.91. The van der Waals surface area contributed by atoms with Gasteiger partial charge in [0.05, 0.1) is 12.5 Å². The predicted molar refractivity (Wildman–Crippen MR) is 81.8 cm³/mol. The van der Waals surface area contributed by atoms with Crippen molar-refractivity contribution in [1.29, 1.82) is 5.26 Å². The Hall–Kier alpha value is -2.87. The van der Waals surface area contributed by atoms with Gasteiger partial charge in [0.2, 0.25) is 0 Å². The number of amides is 3. The van der Waals surface area contributed by atoms with Crippen LogP contribution in [0.25, 0.3) is 10.8 Å². The molecule has 1 saturated heterocycles. The summed E-state index contributed by atoms with van der Waals surface area (Å²) in [6.45, 7) is 1.82. The highest BCUT2D eigenvalue weighted by Crippen LogP contribution is 2.33. The topological polar surface area (TPSA) is 73.2 Å². The molecule has 5 nitrogen and oxygen atoms in total. The molecule has 1 N–H and O–H groups in total. The van der Waals surface area contributed by atoms with E-state index in [9.17, 15) is 9.59 Å². The van der Waals surface area contributed by atoms with E-state index in [1.807, 2.05) is 48.5 Å². The summed E-state index contributed by atoms with van der Waals surface area (Å²) in [7, 11) is 0. The molecule has 2 aromatic carbocycles. The van der Waals surface area contributed by atoms with Gasteiger partial charge in [-0.15, -0.1) is 0 Å². The summed E-state index contributed by atoms with van der Waals surface area (Å²) in [4.78, 5) is 25.9. The first-order valence-corrected chi connectivity index (χ1v) is 7.07. The number of carbonyl (C=O) groups excluding carboxylic acids is 2. The number of urea groups is 1. The molecule has 110 valence electrons. The zero-order valence-electron chi connectivity index (χ0n) is 12.2. The Kier molecular flexibility index (Phi) is 3.30. The number of fused-ring (bicyclic) bond motifs is 1. The van der Waals surface area contributed by atoms with Gasteiger partial charge in [0.25, 0.3) is 5.91 Å². The number of nitrogens with zero attached hydrogens (tertiary/aromatic N) is 2. The molecule has 0 saturated carbocycles. The Morgan fingerprint density at radius 2 is 1.91 bits per heavy atom. The zero-order chi connectivity index (χ0) is 15.7. The summed E-state index contributed by atoms with van der Waals surface area (Å²) in [6.07, 6.45) is 0.130. The SMILES string of the molecule is C[C@@]1(c2cccc3ccccc23)NC(=O)N(CCC#N)C1=O. The van der Waals surface area contributed by atoms with Crippen molar-refractivity contribution in [2.24, 2.45) is 0 Å². The van der Waals surface area contributed by atoms with Crippen LogP contribution in [0.5, 0.6) is 0 Å². The van der Waals surface area contributed by atoms with Crippen molar-refractivity contribution < 1.29 is 9.59 Å². The van der Waals surface area contributed by atoms with E-state index < -0.39 is 11.6 Å². The first-order valence-electron chi connectivity index (χ1n) is 7.07. The molecular formula is C17H15N3O2. The lowest BCUT2D eigenvalue weighted by molar-refractivity contribution is -0.131. The van der Waals surface area contributed by atoms with Crippen LogP contribution in [0.4, 0.5) is 4.79 Å². The normalized spacial score (nSPS) is 21.0. The third kappa shape index (κ3) is 2.01. The fraction of sp³-hybridized carbons (Fsp3) is 0.235. The van der Waals surface area contributed by atoms with Gasteiger partial charge in [-0.1, -0.05) is 42.5 Å². The maximum Gasteiger partial charge on any atom is 0.325 e. The number of nitrogens with one attached hydrogen (secondary N) is 1. The third-order valence-electron chi connectivity index (χ3n) is 4.05. The van der Waals surface area contributed by atoms with E-state index in [1.165, 1.54) is 0 Å². The van der Waals surface area contributed by atoms with Gasteiger partial charge in [0.15, 0.2) is 0 Å². The van der Waals surface area contributed by atoms with Gasteiger partial charge in [-0.2, -0.15) is 5.26 Å². The van der Waals surface area contributed by atoms with Crippen LogP contribution >= 0.6 is 0 Å². The van der Waals surface area contributed by atoms with Gasteiger partial charge >= 0.3 is 6.03 Å². The first-order chi connectivity index (χ1) is 10.6. The van der Waals surface area contributed by atoms with Crippen LogP contribution in [-0.2, 0) is 10.3 Å². The zero-order valence-corrected chi connectivity index (χ0v) is 12.2. The Morgan fingerprint density at radius 3 is 2.68 bits per heavy atom. The summed E-state index contributed by atoms with van der Waals surface area (Å²) in [5.74, 6) is -0.316. The van der Waals surface area contributed by atoms with E-state index in [1.54, 1.807) is 6.92 Å². The van der Waals surface area contributed by atoms with Crippen LogP contribution in [-0.4, -0.2) is 23.4 Å². The molecule has 2 aromatic rings. The number of rotatable bonds is 3. The van der Waals surface area contributed by atoms with Crippen LogP contribution in [0.15, 0.2) is 42.5 Å². The summed E-state index contributed by atoms with van der Waals surface area (Å²) in [5.41, 5.74) is -0.337. The minimum atomic E-state index is -1.10. The van der Waals surface area contributed by atoms with Crippen LogP contribution < -0.4 is 5.32 Å². The average Bonchev–Trinajstić information content (AvgIpc) is 2.75. The van der Waals surface area contributed by atoms with Crippen molar-refractivity contribution in [1.82, 2.24) is 10.2 Å². The highest BCUT2D eigenvalue weighted by atomic mass is 16.2. The van der Waals surface area contributed by atoms with Gasteiger partial charge in [-0.05, 0) is 23.3 Å². The minimum absolute atomic E-state index is 0.113. The summed E-state index contributed by atoms with van der Waals surface area (Å²) in [6, 6.07) is 15.0. The molecule has 1 fully saturated rings. The number of carbonyl (C=O) groups is 2. The van der Waals surface area contributed by atoms with Crippen molar-refractivity contribution >= 4 is 22.7 Å². The quantitative estimate of drug-likeness (QED) is 0.884. The van der Waals surface area contributed by atoms with E-state index in [4.69, 9.17) is 5.26 Å². The maximum absolute atomic E-state index is 12.7. The second-order valence-corrected chi connectivity index (χ2v) is 5.45. The van der Waals surface area contributed by atoms with Gasteiger partial charge in [-0.25, -0.2) is 4.79 Å². The van der Waals surface area contributed by atoms with Gasteiger partial charge < -0.3 is 5.32 Å². The molecule has 0 radical (unpaired) electrons. The molecule has 0 unspecified atom stereocenters. The monoisotopic (exact) mass is 293 g/mol. The maximum atomic E-state index is 12.7. The Labute approximate surface area is 128 Å². The molecule has 3 amide bonds. The molecule has 0 spiro atoms. The number of hydrogen-bond acceptors (Lipinski definition) is 3. The standard InChI is InChI=1S/C17H15N3O2/c1-17(15(21)20(11-5-10-18)16(22)19-17)14-9-4-7-12-6-2-3-8-13(12)14/h2-4,6-9H,5,11H2,1H3,(H,19,22)/t17-/m0/s1. The van der Waals surface area contributed by atoms with E-state index in [2.05, 4.69) is 5.32 Å². The number of hydrogen-bond donors (Lipinski definition) is 1. The lowest BCUT2D eigenvalue weighted by atomic mass is 9.88. The van der Waals surface area contributed by atoms with Crippen molar-refractivity contribution in [2.75, 3.05) is 6.54 Å². The Bertz CT molecular complexity index is 804. The molecular weight excluding hydrogens is 278 g/mol. The largest absolute Gasteiger partial charge is 0.325 e. The molecule has 22 heavy (non-hydrogen) atoms. The molecule has 3 rings (SSSR count). The first kappa shape index (κ1) is 14.1. The van der Waals surface area contributed by atoms with Crippen molar-refractivity contribution in [3.8, 4) is 6.07 Å². The molecule has 0 aromatic heterocycles. The molecule has 1 aliphatic heterocycles. The number of imide groups is 1. The summed E-state index contributed by atoms with van der Waals surface area (Å²) in [5, 5.41) is 13.4. The van der Waals surface area contributed by atoms with Crippen LogP contribution in [0, 0.1) is 11.3 Å². The van der Waals surface area contributed by atoms with Gasteiger partial charge in [-0.3, -0.25) is 9.69 Å². The van der Waals surface area contributed by atoms with E-state index in [-0.39, 0.29) is 18.9 Å². The number of benzene rings is 2. The second kappa shape index (κ2) is 5.15. The minimum Gasteiger partial charge on any atom is -0.319 e. The fourth-order valence-electron chi connectivity index (χ4n) is 2.91. The Balaban J connectivity index is 2.08. The Morgan fingerprint density at radius 1 is 1.18 bits per heavy atom. The molecule has 1 heterocycles. The summed E-state index contributed by atoms with van der Waals surface area (Å²) >= 11 is 0. The van der Waals surface area contributed by atoms with E-state index in [0.717, 1.165) is 21.2 Å². The highest BCUT2D eigenvalue weighted by Gasteiger charge is 2.49. The smallest absolute Gasteiger partial charge is 0.319 e.